The van der Waals surface area contributed by atoms with Crippen LogP contribution in [0.15, 0.2) is 30.9 Å². The molecule has 100 valence electrons. The zero-order chi connectivity index (χ0) is 13.4. The topological polar surface area (TPSA) is 56.5 Å². The van der Waals surface area contributed by atoms with Crippen LogP contribution in [0.3, 0.4) is 0 Å². The normalized spacial score (nSPS) is 11.9. The molecule has 0 aromatic heterocycles. The number of rotatable bonds is 8. The van der Waals surface area contributed by atoms with Crippen LogP contribution in [0, 0.1) is 0 Å². The van der Waals surface area contributed by atoms with E-state index in [1.807, 2.05) is 24.3 Å². The first-order chi connectivity index (χ1) is 8.74. The van der Waals surface area contributed by atoms with E-state index in [1.165, 1.54) is 0 Å². The lowest BCUT2D eigenvalue weighted by Gasteiger charge is -2.17. The minimum absolute atomic E-state index is 0.0916. The molecule has 0 aliphatic rings. The second-order valence-corrected chi connectivity index (χ2v) is 4.08. The van der Waals surface area contributed by atoms with Crippen molar-refractivity contribution in [2.24, 2.45) is 5.84 Å². The van der Waals surface area contributed by atoms with Gasteiger partial charge in [-0.2, -0.15) is 0 Å². The van der Waals surface area contributed by atoms with Crippen LogP contribution in [0.25, 0.3) is 0 Å². The molecule has 1 unspecified atom stereocenters. The molecule has 0 bridgehead atoms. The third-order valence-electron chi connectivity index (χ3n) is 2.88. The van der Waals surface area contributed by atoms with E-state index in [4.69, 9.17) is 15.3 Å². The van der Waals surface area contributed by atoms with Crippen molar-refractivity contribution in [3.63, 3.8) is 0 Å². The molecule has 0 aliphatic carbocycles. The summed E-state index contributed by atoms with van der Waals surface area (Å²) in [5, 5.41) is 0. The van der Waals surface area contributed by atoms with Gasteiger partial charge in [0.2, 0.25) is 0 Å². The Morgan fingerprint density at radius 1 is 1.28 bits per heavy atom. The highest BCUT2D eigenvalue weighted by Gasteiger charge is 2.12. The Labute approximate surface area is 109 Å². The number of hydrogen-bond acceptors (Lipinski definition) is 4. The summed E-state index contributed by atoms with van der Waals surface area (Å²) in [7, 11) is 3.28. The summed E-state index contributed by atoms with van der Waals surface area (Å²) in [5.74, 6) is 7.16. The van der Waals surface area contributed by atoms with Crippen LogP contribution < -0.4 is 20.7 Å². The molecule has 1 rings (SSSR count). The van der Waals surface area contributed by atoms with Crippen molar-refractivity contribution in [1.82, 2.24) is 5.43 Å². The summed E-state index contributed by atoms with van der Waals surface area (Å²) in [6.45, 7) is 3.72. The number of nitrogens with one attached hydrogen (secondary N) is 1. The number of hydrogen-bond donors (Lipinski definition) is 2. The number of hydrazine groups is 1. The number of allylic oxidation sites excluding steroid dienone is 1. The zero-order valence-corrected chi connectivity index (χ0v) is 11.1. The second kappa shape index (κ2) is 7.74. The third-order valence-corrected chi connectivity index (χ3v) is 2.88. The molecule has 0 aliphatic heterocycles. The number of unbranched alkanes of at least 4 members (excludes halogenated alkanes) is 1. The van der Waals surface area contributed by atoms with Crippen LogP contribution in [-0.4, -0.2) is 14.2 Å². The molecule has 4 heteroatoms. The van der Waals surface area contributed by atoms with Crippen LogP contribution in [0.5, 0.6) is 11.5 Å². The van der Waals surface area contributed by atoms with Gasteiger partial charge in [-0.3, -0.25) is 11.3 Å². The van der Waals surface area contributed by atoms with E-state index < -0.39 is 0 Å². The van der Waals surface area contributed by atoms with E-state index in [9.17, 15) is 0 Å². The van der Waals surface area contributed by atoms with E-state index in [-0.39, 0.29) is 6.04 Å². The van der Waals surface area contributed by atoms with Gasteiger partial charge in [0.25, 0.3) is 0 Å². The van der Waals surface area contributed by atoms with Crippen molar-refractivity contribution >= 4 is 0 Å². The van der Waals surface area contributed by atoms with Crippen molar-refractivity contribution in [3.05, 3.63) is 36.4 Å². The molecule has 0 amide bonds. The van der Waals surface area contributed by atoms with Crippen LogP contribution in [0.2, 0.25) is 0 Å². The summed E-state index contributed by atoms with van der Waals surface area (Å²) < 4.78 is 10.5. The van der Waals surface area contributed by atoms with E-state index in [0.717, 1.165) is 36.3 Å². The van der Waals surface area contributed by atoms with Gasteiger partial charge >= 0.3 is 0 Å². The second-order valence-electron chi connectivity index (χ2n) is 4.08. The molecular weight excluding hydrogens is 228 g/mol. The summed E-state index contributed by atoms with van der Waals surface area (Å²) in [4.78, 5) is 0. The maximum absolute atomic E-state index is 5.61. The fraction of sp³-hybridized carbons (Fsp3) is 0.429. The van der Waals surface area contributed by atoms with Gasteiger partial charge in [-0.15, -0.1) is 6.58 Å². The fourth-order valence-corrected chi connectivity index (χ4v) is 1.84. The highest BCUT2D eigenvalue weighted by molar-refractivity contribution is 5.39. The molecular formula is C14H22N2O2. The summed E-state index contributed by atoms with van der Waals surface area (Å²) >= 11 is 0. The molecule has 1 atom stereocenters. The van der Waals surface area contributed by atoms with Gasteiger partial charge < -0.3 is 9.47 Å². The van der Waals surface area contributed by atoms with Gasteiger partial charge in [0.05, 0.1) is 14.2 Å². The zero-order valence-electron chi connectivity index (χ0n) is 11.1. The number of benzene rings is 1. The van der Waals surface area contributed by atoms with Crippen molar-refractivity contribution in [3.8, 4) is 11.5 Å². The molecule has 0 spiro atoms. The van der Waals surface area contributed by atoms with Gasteiger partial charge in [0.1, 0.15) is 11.5 Å². The minimum atomic E-state index is 0.0916. The molecule has 1 aromatic carbocycles. The molecule has 3 N–H and O–H groups in total. The molecule has 1 aromatic rings. The highest BCUT2D eigenvalue weighted by atomic mass is 16.5. The van der Waals surface area contributed by atoms with E-state index in [2.05, 4.69) is 12.0 Å². The maximum Gasteiger partial charge on any atom is 0.122 e. The Balaban J connectivity index is 2.86. The number of nitrogens with two attached hydrogens (primary N) is 1. The van der Waals surface area contributed by atoms with Gasteiger partial charge in [-0.05, 0) is 37.0 Å². The van der Waals surface area contributed by atoms with Gasteiger partial charge in [-0.1, -0.05) is 6.08 Å². The van der Waals surface area contributed by atoms with E-state index in [1.54, 1.807) is 14.2 Å². The SMILES string of the molecule is C=CCCCC(NN)c1cc(OC)cc(OC)c1. The van der Waals surface area contributed by atoms with Crippen molar-refractivity contribution in [2.75, 3.05) is 14.2 Å². The predicted octanol–water partition coefficient (Wildman–Crippen LogP) is 2.56. The fourth-order valence-electron chi connectivity index (χ4n) is 1.84. The third kappa shape index (κ3) is 4.05. The average Bonchev–Trinajstić information content (AvgIpc) is 2.43. The molecule has 0 saturated heterocycles. The Morgan fingerprint density at radius 2 is 1.89 bits per heavy atom. The van der Waals surface area contributed by atoms with Crippen molar-refractivity contribution in [1.29, 1.82) is 0 Å². The highest BCUT2D eigenvalue weighted by Crippen LogP contribution is 2.28. The summed E-state index contributed by atoms with van der Waals surface area (Å²) in [6, 6.07) is 5.89. The van der Waals surface area contributed by atoms with Crippen LogP contribution in [0.1, 0.15) is 30.9 Å². The molecule has 18 heavy (non-hydrogen) atoms. The summed E-state index contributed by atoms with van der Waals surface area (Å²) in [6.07, 6.45) is 4.88. The van der Waals surface area contributed by atoms with Crippen molar-refractivity contribution in [2.45, 2.75) is 25.3 Å². The monoisotopic (exact) mass is 250 g/mol. The molecule has 4 nitrogen and oxygen atoms in total. The molecule has 0 heterocycles. The lowest BCUT2D eigenvalue weighted by atomic mass is 10.0. The minimum Gasteiger partial charge on any atom is -0.497 e. The smallest absolute Gasteiger partial charge is 0.122 e. The first-order valence-electron chi connectivity index (χ1n) is 6.05. The first-order valence-corrected chi connectivity index (χ1v) is 6.05. The molecule has 0 radical (unpaired) electrons. The number of methoxy groups -OCH3 is 2. The summed E-state index contributed by atoms with van der Waals surface area (Å²) in [5.41, 5.74) is 3.90. The Morgan fingerprint density at radius 3 is 2.33 bits per heavy atom. The van der Waals surface area contributed by atoms with E-state index in [0.29, 0.717) is 0 Å². The van der Waals surface area contributed by atoms with Crippen LogP contribution in [-0.2, 0) is 0 Å². The standard InChI is InChI=1S/C14H22N2O2/c1-4-5-6-7-14(16-15)11-8-12(17-2)10-13(9-11)18-3/h4,8-10,14,16H,1,5-7,15H2,2-3H3. The lowest BCUT2D eigenvalue weighted by Crippen LogP contribution is -2.28. The quantitative estimate of drug-likeness (QED) is 0.322. The van der Waals surface area contributed by atoms with Crippen LogP contribution >= 0.6 is 0 Å². The van der Waals surface area contributed by atoms with Gasteiger partial charge in [0, 0.05) is 12.1 Å². The Bertz CT molecular complexity index is 358. The Kier molecular flexibility index (Phi) is 6.25. The predicted molar refractivity (Wildman–Crippen MR) is 73.7 cm³/mol. The van der Waals surface area contributed by atoms with E-state index >= 15 is 0 Å². The largest absolute Gasteiger partial charge is 0.497 e. The van der Waals surface area contributed by atoms with Gasteiger partial charge in [-0.25, -0.2) is 0 Å². The lowest BCUT2D eigenvalue weighted by molar-refractivity contribution is 0.390. The Hall–Kier alpha value is -1.52. The maximum atomic E-state index is 5.61. The number of ether oxygens (including phenoxy) is 2. The molecule has 0 saturated carbocycles. The van der Waals surface area contributed by atoms with Crippen molar-refractivity contribution < 1.29 is 9.47 Å². The van der Waals surface area contributed by atoms with Crippen LogP contribution in [0.4, 0.5) is 0 Å². The molecule has 0 fully saturated rings. The first kappa shape index (κ1) is 14.5. The average molecular weight is 250 g/mol. The van der Waals surface area contributed by atoms with Gasteiger partial charge in [0.15, 0.2) is 0 Å².